The first-order valence-corrected chi connectivity index (χ1v) is 7.56. The molecule has 1 aromatic carbocycles. The Morgan fingerprint density at radius 3 is 2.70 bits per heavy atom. The van der Waals surface area contributed by atoms with Crippen molar-refractivity contribution in [3.05, 3.63) is 28.8 Å². The molecule has 0 heterocycles. The molecule has 0 aliphatic carbocycles. The van der Waals surface area contributed by atoms with Crippen molar-refractivity contribution < 1.29 is 17.9 Å². The molecule has 0 amide bonds. The summed E-state index contributed by atoms with van der Waals surface area (Å²) in [7, 11) is -3.92. The van der Waals surface area contributed by atoms with E-state index in [1.54, 1.807) is 6.92 Å². The number of carbonyl (C=O) groups excluding carboxylic acids is 1. The summed E-state index contributed by atoms with van der Waals surface area (Å²) in [6, 6.07) is 4.50. The molecule has 6 nitrogen and oxygen atoms in total. The van der Waals surface area contributed by atoms with E-state index in [1.165, 1.54) is 19.1 Å². The number of sulfonamides is 1. The van der Waals surface area contributed by atoms with Gasteiger partial charge in [-0.05, 0) is 32.0 Å². The summed E-state index contributed by atoms with van der Waals surface area (Å²) in [5.74, 6) is -0.671. The lowest BCUT2D eigenvalue weighted by atomic mass is 10.2. The number of nitriles is 1. The maximum atomic E-state index is 12.0. The van der Waals surface area contributed by atoms with Crippen LogP contribution in [0.15, 0.2) is 23.1 Å². The van der Waals surface area contributed by atoms with E-state index in [4.69, 9.17) is 21.6 Å². The topological polar surface area (TPSA) is 96.3 Å². The second-order valence-corrected chi connectivity index (χ2v) is 5.97. The Morgan fingerprint density at radius 1 is 1.55 bits per heavy atom. The average Bonchev–Trinajstić information content (AvgIpc) is 2.38. The Bertz CT molecular complexity index is 652. The summed E-state index contributed by atoms with van der Waals surface area (Å²) < 4.78 is 31.0. The molecule has 108 valence electrons. The van der Waals surface area contributed by atoms with E-state index in [0.717, 1.165) is 6.07 Å². The number of carbonyl (C=O) groups is 1. The van der Waals surface area contributed by atoms with Crippen LogP contribution >= 0.6 is 11.6 Å². The van der Waals surface area contributed by atoms with Crippen LogP contribution in [0.5, 0.6) is 0 Å². The van der Waals surface area contributed by atoms with Crippen LogP contribution in [0.1, 0.15) is 19.4 Å². The lowest BCUT2D eigenvalue weighted by Gasteiger charge is -2.13. The number of rotatable bonds is 5. The molecule has 20 heavy (non-hydrogen) atoms. The van der Waals surface area contributed by atoms with E-state index >= 15 is 0 Å². The average molecular weight is 317 g/mol. The minimum atomic E-state index is -3.92. The Morgan fingerprint density at radius 2 is 2.20 bits per heavy atom. The zero-order valence-electron chi connectivity index (χ0n) is 10.9. The van der Waals surface area contributed by atoms with Crippen molar-refractivity contribution in [1.82, 2.24) is 4.72 Å². The predicted molar refractivity (Wildman–Crippen MR) is 72.6 cm³/mol. The monoisotopic (exact) mass is 316 g/mol. The van der Waals surface area contributed by atoms with Gasteiger partial charge < -0.3 is 4.74 Å². The van der Waals surface area contributed by atoms with Crippen molar-refractivity contribution in [2.45, 2.75) is 24.8 Å². The van der Waals surface area contributed by atoms with E-state index in [2.05, 4.69) is 4.72 Å². The minimum Gasteiger partial charge on any atom is -0.465 e. The fourth-order valence-electron chi connectivity index (χ4n) is 1.37. The van der Waals surface area contributed by atoms with Crippen molar-refractivity contribution >= 4 is 27.6 Å². The summed E-state index contributed by atoms with van der Waals surface area (Å²) in [5.41, 5.74) is 0.170. The van der Waals surface area contributed by atoms with Gasteiger partial charge >= 0.3 is 5.97 Å². The van der Waals surface area contributed by atoms with Crippen LogP contribution < -0.4 is 4.72 Å². The molecule has 1 rings (SSSR count). The quantitative estimate of drug-likeness (QED) is 0.829. The number of hydrogen-bond donors (Lipinski definition) is 1. The third-order valence-electron chi connectivity index (χ3n) is 2.34. The van der Waals surface area contributed by atoms with Gasteiger partial charge in [-0.3, -0.25) is 4.79 Å². The first-order valence-electron chi connectivity index (χ1n) is 5.70. The fourth-order valence-corrected chi connectivity index (χ4v) is 2.88. The molecule has 1 N–H and O–H groups in total. The van der Waals surface area contributed by atoms with Gasteiger partial charge in [0, 0.05) is 0 Å². The van der Waals surface area contributed by atoms with Gasteiger partial charge in [0.2, 0.25) is 10.0 Å². The normalized spacial score (nSPS) is 12.5. The molecule has 0 bridgehead atoms. The molecule has 1 aromatic rings. The first kappa shape index (κ1) is 16.4. The Balaban J connectivity index is 2.98. The van der Waals surface area contributed by atoms with Gasteiger partial charge in [-0.2, -0.15) is 9.98 Å². The molecule has 1 atom stereocenters. The second-order valence-electron chi connectivity index (χ2n) is 3.85. The van der Waals surface area contributed by atoms with Crippen LogP contribution in [0.3, 0.4) is 0 Å². The molecule has 0 saturated carbocycles. The molecular formula is C12H13ClN2O4S. The molecule has 0 radical (unpaired) electrons. The number of nitrogens with zero attached hydrogens (tertiary/aromatic N) is 1. The molecule has 0 aliphatic heterocycles. The van der Waals surface area contributed by atoms with Gasteiger partial charge in [-0.25, -0.2) is 8.42 Å². The zero-order valence-corrected chi connectivity index (χ0v) is 12.5. The minimum absolute atomic E-state index is 0.0270. The van der Waals surface area contributed by atoms with Gasteiger partial charge in [-0.1, -0.05) is 11.6 Å². The van der Waals surface area contributed by atoms with E-state index in [0.29, 0.717) is 0 Å². The highest BCUT2D eigenvalue weighted by Gasteiger charge is 2.23. The van der Waals surface area contributed by atoms with Gasteiger partial charge in [0.15, 0.2) is 0 Å². The fraction of sp³-hybridized carbons (Fsp3) is 0.333. The highest BCUT2D eigenvalue weighted by atomic mass is 35.5. The van der Waals surface area contributed by atoms with Gasteiger partial charge in [0.25, 0.3) is 0 Å². The summed E-state index contributed by atoms with van der Waals surface area (Å²) >= 11 is 5.78. The smallest absolute Gasteiger partial charge is 0.323 e. The van der Waals surface area contributed by atoms with Crippen LogP contribution in [0.25, 0.3) is 0 Å². The highest BCUT2D eigenvalue weighted by molar-refractivity contribution is 7.89. The van der Waals surface area contributed by atoms with Crippen LogP contribution in [0.2, 0.25) is 5.02 Å². The molecular weight excluding hydrogens is 304 g/mol. The van der Waals surface area contributed by atoms with Crippen molar-refractivity contribution in [2.24, 2.45) is 0 Å². The summed E-state index contributed by atoms with van der Waals surface area (Å²) in [6.45, 7) is 3.16. The number of nitrogens with one attached hydrogen (secondary N) is 1. The number of benzene rings is 1. The number of esters is 1. The van der Waals surface area contributed by atoms with Crippen molar-refractivity contribution in [3.8, 4) is 6.07 Å². The van der Waals surface area contributed by atoms with E-state index < -0.39 is 22.0 Å². The van der Waals surface area contributed by atoms with E-state index in [9.17, 15) is 13.2 Å². The van der Waals surface area contributed by atoms with Crippen molar-refractivity contribution in [1.29, 1.82) is 5.26 Å². The maximum absolute atomic E-state index is 12.0. The predicted octanol–water partition coefficient (Wildman–Crippen LogP) is 1.44. The summed E-state index contributed by atoms with van der Waals surface area (Å²) in [5, 5.41) is 8.76. The lowest BCUT2D eigenvalue weighted by Crippen LogP contribution is -2.39. The molecule has 0 fully saturated rings. The molecule has 1 unspecified atom stereocenters. The third kappa shape index (κ3) is 3.93. The molecule has 8 heteroatoms. The van der Waals surface area contributed by atoms with Gasteiger partial charge in [0.05, 0.1) is 22.1 Å². The van der Waals surface area contributed by atoms with Crippen LogP contribution in [-0.4, -0.2) is 27.0 Å². The van der Waals surface area contributed by atoms with Crippen LogP contribution in [0, 0.1) is 11.3 Å². The number of ether oxygens (including phenoxy) is 1. The largest absolute Gasteiger partial charge is 0.465 e. The summed E-state index contributed by atoms with van der Waals surface area (Å²) in [6.07, 6.45) is 0. The lowest BCUT2D eigenvalue weighted by molar-refractivity contribution is -0.144. The Labute approximate surface area is 122 Å². The van der Waals surface area contributed by atoms with Gasteiger partial charge in [0.1, 0.15) is 12.1 Å². The van der Waals surface area contributed by atoms with Crippen molar-refractivity contribution in [2.75, 3.05) is 6.61 Å². The third-order valence-corrected chi connectivity index (χ3v) is 4.19. The molecule has 0 aromatic heterocycles. The van der Waals surface area contributed by atoms with Gasteiger partial charge in [-0.15, -0.1) is 0 Å². The number of halogens is 1. The van der Waals surface area contributed by atoms with Crippen LogP contribution in [-0.2, 0) is 19.6 Å². The second kappa shape index (κ2) is 6.70. The maximum Gasteiger partial charge on any atom is 0.323 e. The SMILES string of the molecule is CCOC(=O)C(C)NS(=O)(=O)c1ccc(C#N)c(Cl)c1. The number of hydrogen-bond acceptors (Lipinski definition) is 5. The Hall–Kier alpha value is -1.62. The highest BCUT2D eigenvalue weighted by Crippen LogP contribution is 2.20. The molecule has 0 aliphatic rings. The van der Waals surface area contributed by atoms with Crippen molar-refractivity contribution in [3.63, 3.8) is 0 Å². The molecule has 0 saturated heterocycles. The zero-order chi connectivity index (χ0) is 15.3. The standard InChI is InChI=1S/C12H13ClN2O4S/c1-3-19-12(16)8(2)15-20(17,18)10-5-4-9(7-14)11(13)6-10/h4-6,8,15H,3H2,1-2H3. The summed E-state index contributed by atoms with van der Waals surface area (Å²) in [4.78, 5) is 11.3. The first-order chi connectivity index (χ1) is 9.31. The van der Waals surface area contributed by atoms with Crippen LogP contribution in [0.4, 0.5) is 0 Å². The Kier molecular flexibility index (Phi) is 5.51. The van der Waals surface area contributed by atoms with E-state index in [1.807, 2.05) is 6.07 Å². The van der Waals surface area contributed by atoms with E-state index in [-0.39, 0.29) is 22.1 Å². The molecule has 0 spiro atoms.